The van der Waals surface area contributed by atoms with E-state index in [0.717, 1.165) is 74.9 Å². The zero-order chi connectivity index (χ0) is 20.2. The molecule has 2 fully saturated rings. The number of aromatic nitrogens is 3. The molecule has 2 aromatic rings. The number of aliphatic hydroxyl groups excluding tert-OH is 1. The van der Waals surface area contributed by atoms with Crippen LogP contribution < -0.4 is 10.6 Å². The summed E-state index contributed by atoms with van der Waals surface area (Å²) in [6.45, 7) is 5.87. The Morgan fingerprint density at radius 2 is 1.86 bits per heavy atom. The van der Waals surface area contributed by atoms with Gasteiger partial charge in [0.05, 0.1) is 17.0 Å². The topological polar surface area (TPSA) is 92.2 Å². The molecule has 1 atom stereocenters. The predicted molar refractivity (Wildman–Crippen MR) is 115 cm³/mol. The van der Waals surface area contributed by atoms with Gasteiger partial charge in [-0.25, -0.2) is 15.0 Å². The highest BCUT2D eigenvalue weighted by Gasteiger charge is 2.25. The van der Waals surface area contributed by atoms with Crippen LogP contribution in [0.1, 0.15) is 70.3 Å². The maximum absolute atomic E-state index is 9.91. The number of hydrogen-bond acceptors (Lipinski definition) is 7. The second-order valence-corrected chi connectivity index (χ2v) is 8.51. The number of anilines is 2. The van der Waals surface area contributed by atoms with Gasteiger partial charge in [-0.2, -0.15) is 0 Å². The Balaban J connectivity index is 1.69. The summed E-state index contributed by atoms with van der Waals surface area (Å²) in [5.74, 6) is 1.92. The first-order chi connectivity index (χ1) is 14.1. The first-order valence-corrected chi connectivity index (χ1v) is 11.1. The SMILES string of the molecule is CC[C@H](C)Nc1ncc2c(NC3CCOCC3)ncc([C@H]3CC[C@H](O)CC3)c2n1. The molecule has 3 N–H and O–H groups in total. The van der Waals surface area contributed by atoms with Gasteiger partial charge in [-0.1, -0.05) is 6.92 Å². The fourth-order valence-corrected chi connectivity index (χ4v) is 4.27. The molecule has 0 amide bonds. The van der Waals surface area contributed by atoms with Crippen LogP contribution in [0.3, 0.4) is 0 Å². The molecule has 1 aliphatic carbocycles. The zero-order valence-electron chi connectivity index (χ0n) is 17.5. The standard InChI is InChI=1S/C22H33N5O2/c1-3-14(2)25-22-24-13-19-20(27-22)18(15-4-6-17(28)7-5-15)12-23-21(19)26-16-8-10-29-11-9-16/h12-17,28H,3-11H2,1-2H3,(H,23,26)(H,24,25,27)/t14-,15-,17-/m0/s1. The predicted octanol–water partition coefficient (Wildman–Crippen LogP) is 3.84. The van der Waals surface area contributed by atoms with Crippen molar-refractivity contribution in [1.29, 1.82) is 0 Å². The molecule has 158 valence electrons. The Labute approximate surface area is 172 Å². The molecule has 4 rings (SSSR count). The van der Waals surface area contributed by atoms with E-state index in [-0.39, 0.29) is 6.10 Å². The fraction of sp³-hybridized carbons (Fsp3) is 0.682. The molecular formula is C22H33N5O2. The third-order valence-corrected chi connectivity index (χ3v) is 6.34. The van der Waals surface area contributed by atoms with Crippen LogP contribution in [0.25, 0.3) is 10.9 Å². The number of aliphatic hydroxyl groups is 1. The molecular weight excluding hydrogens is 366 g/mol. The average Bonchev–Trinajstić information content (AvgIpc) is 2.75. The Morgan fingerprint density at radius 3 is 2.59 bits per heavy atom. The van der Waals surface area contributed by atoms with Crippen LogP contribution in [-0.4, -0.2) is 51.5 Å². The van der Waals surface area contributed by atoms with Crippen LogP contribution in [0.15, 0.2) is 12.4 Å². The van der Waals surface area contributed by atoms with E-state index in [9.17, 15) is 5.11 Å². The second kappa shape index (κ2) is 9.22. The number of hydrogen-bond donors (Lipinski definition) is 3. The van der Waals surface area contributed by atoms with E-state index in [1.54, 1.807) is 0 Å². The van der Waals surface area contributed by atoms with Crippen LogP contribution in [0.5, 0.6) is 0 Å². The fourth-order valence-electron chi connectivity index (χ4n) is 4.27. The number of nitrogens with zero attached hydrogens (tertiary/aromatic N) is 3. The van der Waals surface area contributed by atoms with Crippen molar-refractivity contribution in [2.24, 2.45) is 0 Å². The van der Waals surface area contributed by atoms with Crippen LogP contribution in [-0.2, 0) is 4.74 Å². The largest absolute Gasteiger partial charge is 0.393 e. The van der Waals surface area contributed by atoms with Crippen molar-refractivity contribution >= 4 is 22.7 Å². The van der Waals surface area contributed by atoms with Crippen molar-refractivity contribution in [3.05, 3.63) is 18.0 Å². The van der Waals surface area contributed by atoms with E-state index in [2.05, 4.69) is 29.5 Å². The van der Waals surface area contributed by atoms with Gasteiger partial charge in [-0.3, -0.25) is 0 Å². The smallest absolute Gasteiger partial charge is 0.223 e. The maximum atomic E-state index is 9.91. The van der Waals surface area contributed by atoms with Crippen molar-refractivity contribution in [2.75, 3.05) is 23.8 Å². The second-order valence-electron chi connectivity index (χ2n) is 8.51. The summed E-state index contributed by atoms with van der Waals surface area (Å²) in [5.41, 5.74) is 2.16. The third-order valence-electron chi connectivity index (χ3n) is 6.34. The Morgan fingerprint density at radius 1 is 1.10 bits per heavy atom. The van der Waals surface area contributed by atoms with Gasteiger partial charge >= 0.3 is 0 Å². The van der Waals surface area contributed by atoms with E-state index in [1.807, 2.05) is 12.4 Å². The van der Waals surface area contributed by atoms with Crippen molar-refractivity contribution in [3.63, 3.8) is 0 Å². The van der Waals surface area contributed by atoms with Crippen LogP contribution >= 0.6 is 0 Å². The van der Waals surface area contributed by atoms with Crippen molar-refractivity contribution in [3.8, 4) is 0 Å². The van der Waals surface area contributed by atoms with Gasteiger partial charge in [0, 0.05) is 43.3 Å². The molecule has 0 spiro atoms. The molecule has 3 heterocycles. The van der Waals surface area contributed by atoms with E-state index in [1.165, 1.54) is 5.56 Å². The Kier molecular flexibility index (Phi) is 6.45. The molecule has 2 aromatic heterocycles. The number of nitrogens with one attached hydrogen (secondary N) is 2. The molecule has 7 nitrogen and oxygen atoms in total. The van der Waals surface area contributed by atoms with Crippen molar-refractivity contribution < 1.29 is 9.84 Å². The minimum atomic E-state index is -0.169. The van der Waals surface area contributed by atoms with Gasteiger partial charge in [-0.05, 0) is 57.8 Å². The normalized spacial score (nSPS) is 24.4. The molecule has 0 bridgehead atoms. The van der Waals surface area contributed by atoms with Gasteiger partial charge < -0.3 is 20.5 Å². The van der Waals surface area contributed by atoms with Crippen LogP contribution in [0.2, 0.25) is 0 Å². The van der Waals surface area contributed by atoms with Crippen molar-refractivity contribution in [2.45, 2.75) is 82.9 Å². The summed E-state index contributed by atoms with van der Waals surface area (Å²) >= 11 is 0. The van der Waals surface area contributed by atoms with E-state index in [4.69, 9.17) is 14.7 Å². The molecule has 1 saturated heterocycles. The van der Waals surface area contributed by atoms with Gasteiger partial charge in [0.15, 0.2) is 0 Å². The molecule has 0 radical (unpaired) electrons. The lowest BCUT2D eigenvalue weighted by atomic mass is 9.82. The highest BCUT2D eigenvalue weighted by Crippen LogP contribution is 2.37. The van der Waals surface area contributed by atoms with Gasteiger partial charge in [0.2, 0.25) is 5.95 Å². The third kappa shape index (κ3) is 4.78. The van der Waals surface area contributed by atoms with Crippen LogP contribution in [0, 0.1) is 0 Å². The summed E-state index contributed by atoms with van der Waals surface area (Å²) in [6, 6.07) is 0.690. The summed E-state index contributed by atoms with van der Waals surface area (Å²) in [7, 11) is 0. The quantitative estimate of drug-likeness (QED) is 0.679. The number of pyridine rings is 1. The van der Waals surface area contributed by atoms with Crippen molar-refractivity contribution in [1.82, 2.24) is 15.0 Å². The highest BCUT2D eigenvalue weighted by molar-refractivity contribution is 5.91. The molecule has 0 aromatic carbocycles. The Bertz CT molecular complexity index is 816. The van der Waals surface area contributed by atoms with Gasteiger partial charge in [0.1, 0.15) is 5.82 Å². The lowest BCUT2D eigenvalue weighted by molar-refractivity contribution is 0.0904. The summed E-state index contributed by atoms with van der Waals surface area (Å²) in [4.78, 5) is 14.3. The monoisotopic (exact) mass is 399 g/mol. The molecule has 29 heavy (non-hydrogen) atoms. The molecule has 0 unspecified atom stereocenters. The lowest BCUT2D eigenvalue weighted by Gasteiger charge is -2.27. The Hall–Kier alpha value is -1.99. The summed E-state index contributed by atoms with van der Waals surface area (Å²) in [6.07, 6.45) is 10.4. The molecule has 7 heteroatoms. The molecule has 1 aliphatic heterocycles. The van der Waals surface area contributed by atoms with E-state index < -0.39 is 0 Å². The first-order valence-electron chi connectivity index (χ1n) is 11.1. The average molecular weight is 400 g/mol. The molecule has 2 aliphatic rings. The van der Waals surface area contributed by atoms with E-state index in [0.29, 0.717) is 23.9 Å². The number of ether oxygens (including phenoxy) is 1. The summed E-state index contributed by atoms with van der Waals surface area (Å²) in [5, 5.41) is 17.9. The number of rotatable bonds is 6. The lowest BCUT2D eigenvalue weighted by Crippen LogP contribution is -2.28. The minimum Gasteiger partial charge on any atom is -0.393 e. The van der Waals surface area contributed by atoms with E-state index >= 15 is 0 Å². The zero-order valence-corrected chi connectivity index (χ0v) is 17.5. The summed E-state index contributed by atoms with van der Waals surface area (Å²) < 4.78 is 5.48. The van der Waals surface area contributed by atoms with Crippen LogP contribution in [0.4, 0.5) is 11.8 Å². The highest BCUT2D eigenvalue weighted by atomic mass is 16.5. The minimum absolute atomic E-state index is 0.169. The van der Waals surface area contributed by atoms with Gasteiger partial charge in [-0.15, -0.1) is 0 Å². The maximum Gasteiger partial charge on any atom is 0.223 e. The first kappa shape index (κ1) is 20.3. The van der Waals surface area contributed by atoms with Gasteiger partial charge in [0.25, 0.3) is 0 Å². The molecule has 1 saturated carbocycles. The number of fused-ring (bicyclic) bond motifs is 1.